The van der Waals surface area contributed by atoms with Crippen LogP contribution in [0.25, 0.3) is 11.3 Å². The number of aliphatic hydroxyl groups is 2. The number of pyridine rings is 1. The summed E-state index contributed by atoms with van der Waals surface area (Å²) in [6.45, 7) is 3.70. The van der Waals surface area contributed by atoms with Crippen molar-refractivity contribution in [3.8, 4) is 22.8 Å². The molecule has 0 spiro atoms. The van der Waals surface area contributed by atoms with Crippen molar-refractivity contribution in [1.29, 1.82) is 0 Å². The predicted octanol–water partition coefficient (Wildman–Crippen LogP) is 6.37. The van der Waals surface area contributed by atoms with Gasteiger partial charge in [0.2, 0.25) is 0 Å². The molecule has 1 aromatic heterocycles. The highest BCUT2D eigenvalue weighted by molar-refractivity contribution is 6.31. The molecule has 2 N–H and O–H groups in total. The molecule has 1 unspecified atom stereocenters. The average molecular weight is 554 g/mol. The van der Waals surface area contributed by atoms with Crippen LogP contribution in [0.1, 0.15) is 74.0 Å². The van der Waals surface area contributed by atoms with Crippen molar-refractivity contribution in [2.75, 3.05) is 7.11 Å². The molecule has 2 aliphatic rings. The molecular formula is C31H33ClFNO5. The van der Waals surface area contributed by atoms with Gasteiger partial charge in [-0.25, -0.2) is 9.37 Å². The Hall–Kier alpha value is -3.00. The Balaban J connectivity index is 1.40. The Kier molecular flexibility index (Phi) is 7.44. The van der Waals surface area contributed by atoms with E-state index in [9.17, 15) is 19.4 Å². The molecular weight excluding hydrogens is 521 g/mol. The first-order valence-corrected chi connectivity index (χ1v) is 13.6. The average Bonchev–Trinajstić information content (AvgIpc) is 3.72. The standard InChI is InChI=1S/C31H33ClFNO5/c1-30(16-21(35)17-30)20-14-25(18-4-8-24(33)23(32)12-18)34-29(15-20)31(2,37)11-10-26(36)19-5-9-27(28(13-19)38-3)39-22-6-7-22/h4-5,8-9,12-15,21-22,35,37H,6-7,10-11,16-17H2,1-3H3. The van der Waals surface area contributed by atoms with Gasteiger partial charge in [0.05, 0.1) is 35.7 Å². The minimum Gasteiger partial charge on any atom is -0.493 e. The van der Waals surface area contributed by atoms with Crippen LogP contribution < -0.4 is 9.47 Å². The zero-order valence-corrected chi connectivity index (χ0v) is 23.1. The van der Waals surface area contributed by atoms with E-state index in [4.69, 9.17) is 26.1 Å². The topological polar surface area (TPSA) is 88.9 Å². The number of hydrogen-bond donors (Lipinski definition) is 2. The van der Waals surface area contributed by atoms with Crippen LogP contribution >= 0.6 is 11.6 Å². The lowest BCUT2D eigenvalue weighted by molar-refractivity contribution is 0.0257. The van der Waals surface area contributed by atoms with Gasteiger partial charge in [0.1, 0.15) is 11.4 Å². The second-order valence-corrected chi connectivity index (χ2v) is 11.7. The first-order chi connectivity index (χ1) is 18.5. The lowest BCUT2D eigenvalue weighted by atomic mass is 9.64. The fourth-order valence-electron chi connectivity index (χ4n) is 5.11. The summed E-state index contributed by atoms with van der Waals surface area (Å²) in [4.78, 5) is 17.8. The van der Waals surface area contributed by atoms with Crippen LogP contribution in [0.3, 0.4) is 0 Å². The number of carbonyl (C=O) groups is 1. The number of Topliss-reactive ketones (excluding diaryl/α,β-unsaturated/α-hetero) is 1. The van der Waals surface area contributed by atoms with Crippen molar-refractivity contribution in [2.24, 2.45) is 0 Å². The lowest BCUT2D eigenvalue weighted by Gasteiger charge is -2.43. The van der Waals surface area contributed by atoms with Gasteiger partial charge < -0.3 is 19.7 Å². The van der Waals surface area contributed by atoms with Gasteiger partial charge >= 0.3 is 0 Å². The maximum Gasteiger partial charge on any atom is 0.163 e. The summed E-state index contributed by atoms with van der Waals surface area (Å²) < 4.78 is 25.1. The molecule has 8 heteroatoms. The van der Waals surface area contributed by atoms with Gasteiger partial charge in [-0.3, -0.25) is 4.79 Å². The van der Waals surface area contributed by atoms with E-state index < -0.39 is 11.4 Å². The summed E-state index contributed by atoms with van der Waals surface area (Å²) in [6, 6.07) is 13.3. The highest BCUT2D eigenvalue weighted by Crippen LogP contribution is 2.45. The maximum absolute atomic E-state index is 13.8. The smallest absolute Gasteiger partial charge is 0.163 e. The quantitative estimate of drug-likeness (QED) is 0.283. The second kappa shape index (κ2) is 10.5. The third-order valence-electron chi connectivity index (χ3n) is 7.80. The van der Waals surface area contributed by atoms with Crippen LogP contribution in [0.5, 0.6) is 11.5 Å². The number of ether oxygens (including phenoxy) is 2. The molecule has 6 nitrogen and oxygen atoms in total. The molecule has 0 radical (unpaired) electrons. The summed E-state index contributed by atoms with van der Waals surface area (Å²) in [5, 5.41) is 21.5. The van der Waals surface area contributed by atoms with E-state index in [1.165, 1.54) is 12.1 Å². The van der Waals surface area contributed by atoms with Crippen molar-refractivity contribution < 1.29 is 28.9 Å². The Bertz CT molecular complexity index is 1400. The summed E-state index contributed by atoms with van der Waals surface area (Å²) >= 11 is 6.04. The Morgan fingerprint density at radius 2 is 1.90 bits per heavy atom. The number of hydrogen-bond acceptors (Lipinski definition) is 6. The number of aromatic nitrogens is 1. The fourth-order valence-corrected chi connectivity index (χ4v) is 5.29. The van der Waals surface area contributed by atoms with Gasteiger partial charge in [0, 0.05) is 17.5 Å². The first-order valence-electron chi connectivity index (χ1n) is 13.2. The summed E-state index contributed by atoms with van der Waals surface area (Å²) in [5.41, 5.74) is 1.22. The molecule has 1 atom stereocenters. The SMILES string of the molecule is COc1cc(C(=O)CCC(C)(O)c2cc(C3(C)CC(O)C3)cc(-c3ccc(F)c(Cl)c3)n2)ccc1OC1CC1. The molecule has 1 heterocycles. The van der Waals surface area contributed by atoms with E-state index in [2.05, 4.69) is 6.92 Å². The molecule has 0 amide bonds. The molecule has 2 fully saturated rings. The molecule has 39 heavy (non-hydrogen) atoms. The minimum absolute atomic E-state index is 0.0205. The van der Waals surface area contributed by atoms with Gasteiger partial charge in [0.15, 0.2) is 17.3 Å². The molecule has 2 saturated carbocycles. The molecule has 3 aromatic rings. The maximum atomic E-state index is 13.8. The number of methoxy groups -OCH3 is 1. The Morgan fingerprint density at radius 1 is 1.15 bits per heavy atom. The van der Waals surface area contributed by atoms with E-state index in [0.29, 0.717) is 46.9 Å². The highest BCUT2D eigenvalue weighted by Gasteiger charge is 2.42. The van der Waals surface area contributed by atoms with Crippen molar-refractivity contribution in [3.05, 3.63) is 76.2 Å². The van der Waals surface area contributed by atoms with Crippen LogP contribution in [-0.2, 0) is 11.0 Å². The Morgan fingerprint density at radius 3 is 2.54 bits per heavy atom. The molecule has 2 aromatic carbocycles. The molecule has 2 aliphatic carbocycles. The molecule has 0 bridgehead atoms. The van der Waals surface area contributed by atoms with Crippen molar-refractivity contribution in [1.82, 2.24) is 4.98 Å². The summed E-state index contributed by atoms with van der Waals surface area (Å²) in [7, 11) is 1.54. The van der Waals surface area contributed by atoms with E-state index in [1.54, 1.807) is 38.3 Å². The normalized spacial score (nSPS) is 22.1. The van der Waals surface area contributed by atoms with Gasteiger partial charge in [-0.2, -0.15) is 0 Å². The number of nitrogens with zero attached hydrogens (tertiary/aromatic N) is 1. The molecule has 5 rings (SSSR count). The monoisotopic (exact) mass is 553 g/mol. The van der Waals surface area contributed by atoms with E-state index in [0.717, 1.165) is 18.4 Å². The van der Waals surface area contributed by atoms with Crippen molar-refractivity contribution >= 4 is 17.4 Å². The van der Waals surface area contributed by atoms with E-state index in [-0.39, 0.29) is 41.3 Å². The van der Waals surface area contributed by atoms with Gasteiger partial charge in [0.25, 0.3) is 0 Å². The number of carbonyl (C=O) groups excluding carboxylic acids is 1. The summed E-state index contributed by atoms with van der Waals surface area (Å²) in [5.74, 6) is 0.461. The van der Waals surface area contributed by atoms with Crippen LogP contribution in [0, 0.1) is 5.82 Å². The van der Waals surface area contributed by atoms with Crippen LogP contribution in [0.4, 0.5) is 4.39 Å². The van der Waals surface area contributed by atoms with E-state index in [1.807, 2.05) is 12.1 Å². The minimum atomic E-state index is -1.43. The lowest BCUT2D eigenvalue weighted by Crippen LogP contribution is -2.42. The number of ketones is 1. The number of aliphatic hydroxyl groups excluding tert-OH is 1. The van der Waals surface area contributed by atoms with Crippen LogP contribution in [-0.4, -0.2) is 40.3 Å². The molecule has 0 saturated heterocycles. The third-order valence-corrected chi connectivity index (χ3v) is 8.09. The van der Waals surface area contributed by atoms with E-state index >= 15 is 0 Å². The van der Waals surface area contributed by atoms with Gasteiger partial charge in [-0.15, -0.1) is 0 Å². The van der Waals surface area contributed by atoms with Crippen LogP contribution in [0.2, 0.25) is 5.02 Å². The fraction of sp³-hybridized carbons (Fsp3) is 0.419. The van der Waals surface area contributed by atoms with Crippen molar-refractivity contribution in [3.63, 3.8) is 0 Å². The van der Waals surface area contributed by atoms with Gasteiger partial charge in [-0.05, 0) is 98.5 Å². The number of benzene rings is 2. The first kappa shape index (κ1) is 27.6. The Labute approximate surface area is 232 Å². The third kappa shape index (κ3) is 5.96. The molecule has 0 aliphatic heterocycles. The van der Waals surface area contributed by atoms with Crippen molar-refractivity contribution in [2.45, 2.75) is 75.6 Å². The highest BCUT2D eigenvalue weighted by atomic mass is 35.5. The predicted molar refractivity (Wildman–Crippen MR) is 147 cm³/mol. The number of halogens is 2. The zero-order valence-electron chi connectivity index (χ0n) is 22.3. The number of rotatable bonds is 10. The van der Waals surface area contributed by atoms with Crippen LogP contribution in [0.15, 0.2) is 48.5 Å². The summed E-state index contributed by atoms with van der Waals surface area (Å²) in [6.07, 6.45) is 3.25. The van der Waals surface area contributed by atoms with Gasteiger partial charge in [-0.1, -0.05) is 18.5 Å². The zero-order chi connectivity index (χ0) is 27.9. The largest absolute Gasteiger partial charge is 0.493 e. The second-order valence-electron chi connectivity index (χ2n) is 11.3. The molecule has 206 valence electrons.